The van der Waals surface area contributed by atoms with E-state index in [1.165, 1.54) is 5.56 Å². The lowest BCUT2D eigenvalue weighted by Gasteiger charge is -2.15. The van der Waals surface area contributed by atoms with Crippen LogP contribution in [-0.2, 0) is 0 Å². The Morgan fingerprint density at radius 2 is 1.41 bits per heavy atom. The molecule has 17 heavy (non-hydrogen) atoms. The average molecular weight is 247 g/mol. The highest BCUT2D eigenvalue weighted by Gasteiger charge is 2.12. The van der Waals surface area contributed by atoms with E-state index in [-0.39, 0.29) is 12.5 Å². The van der Waals surface area contributed by atoms with Gasteiger partial charge in [0.1, 0.15) is 0 Å². The second-order valence-corrected chi connectivity index (χ2v) is 4.63. The SMILES string of the molecule is Cc1ccc(C(CO)c2ccc(Cl)cc2)cc1. The molecule has 0 saturated heterocycles. The first kappa shape index (κ1) is 12.2. The number of benzene rings is 2. The molecule has 0 aliphatic heterocycles. The van der Waals surface area contributed by atoms with Gasteiger partial charge < -0.3 is 5.11 Å². The van der Waals surface area contributed by atoms with E-state index in [9.17, 15) is 5.11 Å². The van der Waals surface area contributed by atoms with E-state index in [4.69, 9.17) is 11.6 Å². The van der Waals surface area contributed by atoms with Gasteiger partial charge in [0.2, 0.25) is 0 Å². The summed E-state index contributed by atoms with van der Waals surface area (Å²) in [5, 5.41) is 10.3. The maximum atomic E-state index is 9.54. The summed E-state index contributed by atoms with van der Waals surface area (Å²) >= 11 is 5.86. The smallest absolute Gasteiger partial charge is 0.0540 e. The highest BCUT2D eigenvalue weighted by molar-refractivity contribution is 6.30. The summed E-state index contributed by atoms with van der Waals surface area (Å²) in [7, 11) is 0. The predicted molar refractivity (Wildman–Crippen MR) is 71.6 cm³/mol. The average Bonchev–Trinajstić information content (AvgIpc) is 2.35. The Hall–Kier alpha value is -1.31. The fraction of sp³-hybridized carbons (Fsp3) is 0.200. The molecule has 1 unspecified atom stereocenters. The van der Waals surface area contributed by atoms with Crippen molar-refractivity contribution in [1.82, 2.24) is 0 Å². The van der Waals surface area contributed by atoms with Crippen molar-refractivity contribution in [2.45, 2.75) is 12.8 Å². The first-order valence-corrected chi connectivity index (χ1v) is 6.01. The van der Waals surface area contributed by atoms with Gasteiger partial charge in [0.25, 0.3) is 0 Å². The van der Waals surface area contributed by atoms with Crippen molar-refractivity contribution < 1.29 is 5.11 Å². The molecule has 0 spiro atoms. The van der Waals surface area contributed by atoms with Crippen LogP contribution in [0.1, 0.15) is 22.6 Å². The molecular weight excluding hydrogens is 232 g/mol. The second-order valence-electron chi connectivity index (χ2n) is 4.20. The van der Waals surface area contributed by atoms with Crippen LogP contribution in [0.3, 0.4) is 0 Å². The van der Waals surface area contributed by atoms with Crippen LogP contribution in [0.25, 0.3) is 0 Å². The third kappa shape index (κ3) is 2.87. The van der Waals surface area contributed by atoms with Gasteiger partial charge >= 0.3 is 0 Å². The molecule has 1 atom stereocenters. The Morgan fingerprint density at radius 1 is 0.941 bits per heavy atom. The molecule has 0 radical (unpaired) electrons. The van der Waals surface area contributed by atoms with Crippen molar-refractivity contribution in [1.29, 1.82) is 0 Å². The third-order valence-electron chi connectivity index (χ3n) is 2.93. The van der Waals surface area contributed by atoms with Gasteiger partial charge in [-0.25, -0.2) is 0 Å². The van der Waals surface area contributed by atoms with Crippen molar-refractivity contribution in [3.63, 3.8) is 0 Å². The van der Waals surface area contributed by atoms with Crippen LogP contribution in [0, 0.1) is 6.92 Å². The quantitative estimate of drug-likeness (QED) is 0.874. The topological polar surface area (TPSA) is 20.2 Å². The molecule has 1 nitrogen and oxygen atoms in total. The molecule has 0 heterocycles. The van der Waals surface area contributed by atoms with E-state index in [0.717, 1.165) is 11.1 Å². The van der Waals surface area contributed by atoms with E-state index in [0.29, 0.717) is 5.02 Å². The molecule has 0 aliphatic rings. The Kier molecular flexibility index (Phi) is 3.82. The minimum absolute atomic E-state index is 0.0212. The van der Waals surface area contributed by atoms with Gasteiger partial charge in [-0.3, -0.25) is 0 Å². The zero-order valence-electron chi connectivity index (χ0n) is 9.73. The molecule has 1 N–H and O–H groups in total. The van der Waals surface area contributed by atoms with E-state index in [1.807, 2.05) is 24.3 Å². The largest absolute Gasteiger partial charge is 0.395 e. The Morgan fingerprint density at radius 3 is 1.88 bits per heavy atom. The van der Waals surface area contributed by atoms with Crippen LogP contribution in [0.15, 0.2) is 48.5 Å². The number of hydrogen-bond donors (Lipinski definition) is 1. The lowest BCUT2D eigenvalue weighted by atomic mass is 9.92. The first-order chi connectivity index (χ1) is 8.20. The lowest BCUT2D eigenvalue weighted by molar-refractivity contribution is 0.280. The molecule has 0 saturated carbocycles. The van der Waals surface area contributed by atoms with Gasteiger partial charge in [0.15, 0.2) is 0 Å². The standard InChI is InChI=1S/C15H15ClO/c1-11-2-4-12(5-3-11)15(10-17)13-6-8-14(16)9-7-13/h2-9,15,17H,10H2,1H3. The highest BCUT2D eigenvalue weighted by Crippen LogP contribution is 2.25. The van der Waals surface area contributed by atoms with Gasteiger partial charge in [-0.05, 0) is 30.2 Å². The van der Waals surface area contributed by atoms with Crippen LogP contribution in [-0.4, -0.2) is 11.7 Å². The summed E-state index contributed by atoms with van der Waals surface area (Å²) in [6.45, 7) is 2.16. The van der Waals surface area contributed by atoms with Crippen molar-refractivity contribution in [2.75, 3.05) is 6.61 Å². The normalized spacial score (nSPS) is 12.4. The molecule has 0 bridgehead atoms. The van der Waals surface area contributed by atoms with Crippen LogP contribution in [0.5, 0.6) is 0 Å². The first-order valence-electron chi connectivity index (χ1n) is 5.63. The van der Waals surface area contributed by atoms with E-state index >= 15 is 0 Å². The summed E-state index contributed by atoms with van der Waals surface area (Å²) in [4.78, 5) is 0. The summed E-state index contributed by atoms with van der Waals surface area (Å²) in [6.07, 6.45) is 0. The van der Waals surface area contributed by atoms with E-state index < -0.39 is 0 Å². The fourth-order valence-corrected chi connectivity index (χ4v) is 2.02. The Labute approximate surface area is 107 Å². The van der Waals surface area contributed by atoms with E-state index in [1.54, 1.807) is 0 Å². The summed E-state index contributed by atoms with van der Waals surface area (Å²) in [6, 6.07) is 15.9. The van der Waals surface area contributed by atoms with Crippen LogP contribution in [0.4, 0.5) is 0 Å². The van der Waals surface area contributed by atoms with Gasteiger partial charge in [0.05, 0.1) is 6.61 Å². The van der Waals surface area contributed by atoms with Crippen molar-refractivity contribution >= 4 is 11.6 Å². The molecule has 0 aliphatic carbocycles. The molecular formula is C15H15ClO. The zero-order chi connectivity index (χ0) is 12.3. The van der Waals surface area contributed by atoms with E-state index in [2.05, 4.69) is 31.2 Å². The van der Waals surface area contributed by atoms with Gasteiger partial charge in [-0.1, -0.05) is 53.6 Å². The zero-order valence-corrected chi connectivity index (χ0v) is 10.5. The van der Waals surface area contributed by atoms with Crippen molar-refractivity contribution in [2.24, 2.45) is 0 Å². The summed E-state index contributed by atoms with van der Waals surface area (Å²) in [5.41, 5.74) is 3.43. The summed E-state index contributed by atoms with van der Waals surface area (Å²) in [5.74, 6) is 0.0212. The highest BCUT2D eigenvalue weighted by atomic mass is 35.5. The molecule has 0 amide bonds. The van der Waals surface area contributed by atoms with Gasteiger partial charge in [-0.15, -0.1) is 0 Å². The minimum atomic E-state index is 0.0212. The molecule has 2 aromatic carbocycles. The third-order valence-corrected chi connectivity index (χ3v) is 3.19. The number of halogens is 1. The molecule has 2 heteroatoms. The van der Waals surface area contributed by atoms with Crippen LogP contribution < -0.4 is 0 Å². The second kappa shape index (κ2) is 5.35. The molecule has 88 valence electrons. The van der Waals surface area contributed by atoms with Crippen LogP contribution >= 0.6 is 11.6 Å². The maximum absolute atomic E-state index is 9.54. The maximum Gasteiger partial charge on any atom is 0.0540 e. The van der Waals surface area contributed by atoms with Crippen molar-refractivity contribution in [3.05, 3.63) is 70.2 Å². The molecule has 0 fully saturated rings. The molecule has 2 aromatic rings. The monoisotopic (exact) mass is 246 g/mol. The van der Waals surface area contributed by atoms with Crippen molar-refractivity contribution in [3.8, 4) is 0 Å². The lowest BCUT2D eigenvalue weighted by Crippen LogP contribution is -2.05. The number of rotatable bonds is 3. The molecule has 2 rings (SSSR count). The minimum Gasteiger partial charge on any atom is -0.395 e. The Balaban J connectivity index is 2.33. The molecule has 0 aromatic heterocycles. The number of aliphatic hydroxyl groups is 1. The number of aliphatic hydroxyl groups excluding tert-OH is 1. The summed E-state index contributed by atoms with van der Waals surface area (Å²) < 4.78 is 0. The Bertz CT molecular complexity index is 428. The number of aryl methyl sites for hydroxylation is 1. The fourth-order valence-electron chi connectivity index (χ4n) is 1.90. The van der Waals surface area contributed by atoms with Gasteiger partial charge in [-0.2, -0.15) is 0 Å². The van der Waals surface area contributed by atoms with Crippen LogP contribution in [0.2, 0.25) is 5.02 Å². The predicted octanol–water partition coefficient (Wildman–Crippen LogP) is 3.77. The number of hydrogen-bond acceptors (Lipinski definition) is 1. The van der Waals surface area contributed by atoms with Gasteiger partial charge in [0, 0.05) is 10.9 Å².